The van der Waals surface area contributed by atoms with Crippen LogP contribution in [0.4, 0.5) is 0 Å². The highest BCUT2D eigenvalue weighted by Crippen LogP contribution is 2.32. The molecule has 1 aliphatic rings. The van der Waals surface area contributed by atoms with Crippen LogP contribution in [0.3, 0.4) is 0 Å². The lowest BCUT2D eigenvalue weighted by molar-refractivity contribution is 0.321. The fraction of sp³-hybridized carbons (Fsp3) is 0.571. The van der Waals surface area contributed by atoms with Crippen LogP contribution in [0.25, 0.3) is 0 Å². The van der Waals surface area contributed by atoms with Gasteiger partial charge in [0.2, 0.25) is 0 Å². The molecule has 0 amide bonds. The maximum atomic E-state index is 9.95. The third kappa shape index (κ3) is 3.13. The molecule has 17 heavy (non-hydrogen) atoms. The van der Waals surface area contributed by atoms with E-state index in [1.165, 1.54) is 12.8 Å². The Hall–Kier alpha value is -1.22. The molecule has 0 radical (unpaired) electrons. The summed E-state index contributed by atoms with van der Waals surface area (Å²) in [5, 5.41) is 13.3. The van der Waals surface area contributed by atoms with E-state index in [0.717, 1.165) is 30.8 Å². The third-order valence-electron chi connectivity index (χ3n) is 3.36. The second kappa shape index (κ2) is 5.92. The van der Waals surface area contributed by atoms with Crippen molar-refractivity contribution in [3.05, 3.63) is 23.8 Å². The minimum Gasteiger partial charge on any atom is -0.508 e. The standard InChI is InChI=1S/C14H21NO2/c1-2-17-14-5-3-4-13(16)12(14)10-11-6-8-15-9-7-11/h3-5,11,15-16H,2,6-10H2,1H3. The molecule has 0 unspecified atom stereocenters. The summed E-state index contributed by atoms with van der Waals surface area (Å²) in [7, 11) is 0. The number of piperidine rings is 1. The number of benzene rings is 1. The van der Waals surface area contributed by atoms with E-state index in [9.17, 15) is 5.11 Å². The topological polar surface area (TPSA) is 41.5 Å². The minimum atomic E-state index is 0.370. The second-order valence-electron chi connectivity index (χ2n) is 4.58. The summed E-state index contributed by atoms with van der Waals surface area (Å²) in [5.41, 5.74) is 0.973. The number of phenolic OH excluding ortho intramolecular Hbond substituents is 1. The summed E-state index contributed by atoms with van der Waals surface area (Å²) in [5.74, 6) is 1.87. The average molecular weight is 235 g/mol. The predicted molar refractivity (Wildman–Crippen MR) is 68.6 cm³/mol. The van der Waals surface area contributed by atoms with Crippen LogP contribution >= 0.6 is 0 Å². The molecule has 0 atom stereocenters. The maximum Gasteiger partial charge on any atom is 0.126 e. The fourth-order valence-electron chi connectivity index (χ4n) is 2.42. The van der Waals surface area contributed by atoms with E-state index in [1.54, 1.807) is 6.07 Å². The molecule has 94 valence electrons. The van der Waals surface area contributed by atoms with Crippen LogP contribution < -0.4 is 10.1 Å². The summed E-state index contributed by atoms with van der Waals surface area (Å²) < 4.78 is 5.58. The zero-order valence-corrected chi connectivity index (χ0v) is 10.4. The van der Waals surface area contributed by atoms with Gasteiger partial charge in [0.25, 0.3) is 0 Å². The molecule has 3 heteroatoms. The van der Waals surface area contributed by atoms with Crippen LogP contribution in [0.2, 0.25) is 0 Å². The number of rotatable bonds is 4. The fourth-order valence-corrected chi connectivity index (χ4v) is 2.42. The Bertz CT molecular complexity index is 359. The molecule has 1 aromatic rings. The van der Waals surface area contributed by atoms with Crippen LogP contribution in [-0.4, -0.2) is 24.8 Å². The van der Waals surface area contributed by atoms with Crippen molar-refractivity contribution in [2.75, 3.05) is 19.7 Å². The Labute approximate surface area is 103 Å². The molecule has 1 heterocycles. The Morgan fingerprint density at radius 2 is 2.12 bits per heavy atom. The molecule has 3 nitrogen and oxygen atoms in total. The molecule has 0 bridgehead atoms. The van der Waals surface area contributed by atoms with E-state index in [4.69, 9.17) is 4.74 Å². The van der Waals surface area contributed by atoms with Crippen molar-refractivity contribution in [1.29, 1.82) is 0 Å². The molecule has 1 aliphatic heterocycles. The highest BCUT2D eigenvalue weighted by molar-refractivity contribution is 5.44. The van der Waals surface area contributed by atoms with Crippen molar-refractivity contribution in [2.24, 2.45) is 5.92 Å². The Kier molecular flexibility index (Phi) is 4.26. The number of phenols is 1. The second-order valence-corrected chi connectivity index (χ2v) is 4.58. The monoisotopic (exact) mass is 235 g/mol. The van der Waals surface area contributed by atoms with Gasteiger partial charge in [0.1, 0.15) is 11.5 Å². The molecular weight excluding hydrogens is 214 g/mol. The Morgan fingerprint density at radius 1 is 1.35 bits per heavy atom. The van der Waals surface area contributed by atoms with E-state index >= 15 is 0 Å². The van der Waals surface area contributed by atoms with Gasteiger partial charge in [-0.3, -0.25) is 0 Å². The summed E-state index contributed by atoms with van der Waals surface area (Å²) in [6.07, 6.45) is 3.28. The van der Waals surface area contributed by atoms with Gasteiger partial charge in [-0.25, -0.2) is 0 Å². The molecular formula is C14H21NO2. The molecule has 0 spiro atoms. The molecule has 0 aromatic heterocycles. The first-order valence-corrected chi connectivity index (χ1v) is 6.45. The van der Waals surface area contributed by atoms with Gasteiger partial charge in [-0.05, 0) is 57.3 Å². The number of hydrogen-bond donors (Lipinski definition) is 2. The van der Waals surface area contributed by atoms with Crippen molar-refractivity contribution in [3.63, 3.8) is 0 Å². The molecule has 0 aliphatic carbocycles. The van der Waals surface area contributed by atoms with Crippen LogP contribution in [0.15, 0.2) is 18.2 Å². The first kappa shape index (κ1) is 12.2. The molecule has 2 N–H and O–H groups in total. The predicted octanol–water partition coefficient (Wildman–Crippen LogP) is 2.33. The summed E-state index contributed by atoms with van der Waals surface area (Å²) in [6, 6.07) is 5.53. The lowest BCUT2D eigenvalue weighted by atomic mass is 9.90. The molecule has 1 aromatic carbocycles. The van der Waals surface area contributed by atoms with Gasteiger partial charge in [-0.1, -0.05) is 6.07 Å². The Morgan fingerprint density at radius 3 is 2.82 bits per heavy atom. The first-order valence-electron chi connectivity index (χ1n) is 6.45. The largest absolute Gasteiger partial charge is 0.508 e. The number of nitrogens with one attached hydrogen (secondary N) is 1. The molecule has 0 saturated carbocycles. The highest BCUT2D eigenvalue weighted by Gasteiger charge is 2.18. The smallest absolute Gasteiger partial charge is 0.126 e. The van der Waals surface area contributed by atoms with Gasteiger partial charge in [0.05, 0.1) is 6.61 Å². The van der Waals surface area contributed by atoms with Crippen LogP contribution in [0.5, 0.6) is 11.5 Å². The summed E-state index contributed by atoms with van der Waals surface area (Å²) >= 11 is 0. The quantitative estimate of drug-likeness (QED) is 0.841. The van der Waals surface area contributed by atoms with Gasteiger partial charge in [-0.2, -0.15) is 0 Å². The lowest BCUT2D eigenvalue weighted by Crippen LogP contribution is -2.28. The number of aromatic hydroxyl groups is 1. The summed E-state index contributed by atoms with van der Waals surface area (Å²) in [4.78, 5) is 0. The van der Waals surface area contributed by atoms with Gasteiger partial charge in [0.15, 0.2) is 0 Å². The van der Waals surface area contributed by atoms with Gasteiger partial charge < -0.3 is 15.2 Å². The van der Waals surface area contributed by atoms with Crippen molar-refractivity contribution in [1.82, 2.24) is 5.32 Å². The van der Waals surface area contributed by atoms with E-state index in [1.807, 2.05) is 19.1 Å². The maximum absolute atomic E-state index is 9.95. The lowest BCUT2D eigenvalue weighted by Gasteiger charge is -2.23. The highest BCUT2D eigenvalue weighted by atomic mass is 16.5. The first-order chi connectivity index (χ1) is 8.31. The van der Waals surface area contributed by atoms with Gasteiger partial charge in [-0.15, -0.1) is 0 Å². The average Bonchev–Trinajstić information content (AvgIpc) is 2.35. The van der Waals surface area contributed by atoms with E-state index in [2.05, 4.69) is 5.32 Å². The van der Waals surface area contributed by atoms with Crippen LogP contribution in [-0.2, 0) is 6.42 Å². The summed E-state index contributed by atoms with van der Waals surface area (Å²) in [6.45, 7) is 4.78. The van der Waals surface area contributed by atoms with Gasteiger partial charge in [0, 0.05) is 5.56 Å². The zero-order chi connectivity index (χ0) is 12.1. The van der Waals surface area contributed by atoms with Crippen molar-refractivity contribution < 1.29 is 9.84 Å². The Balaban J connectivity index is 2.12. The van der Waals surface area contributed by atoms with Crippen molar-refractivity contribution in [2.45, 2.75) is 26.2 Å². The number of ether oxygens (including phenoxy) is 1. The van der Waals surface area contributed by atoms with Crippen LogP contribution in [0, 0.1) is 5.92 Å². The van der Waals surface area contributed by atoms with E-state index in [-0.39, 0.29) is 0 Å². The number of hydrogen-bond acceptors (Lipinski definition) is 3. The molecule has 1 fully saturated rings. The van der Waals surface area contributed by atoms with Crippen molar-refractivity contribution >= 4 is 0 Å². The third-order valence-corrected chi connectivity index (χ3v) is 3.36. The normalized spacial score (nSPS) is 17.0. The van der Waals surface area contributed by atoms with Crippen LogP contribution in [0.1, 0.15) is 25.3 Å². The van der Waals surface area contributed by atoms with E-state index < -0.39 is 0 Å². The molecule has 2 rings (SSSR count). The van der Waals surface area contributed by atoms with E-state index in [0.29, 0.717) is 18.3 Å². The SMILES string of the molecule is CCOc1cccc(O)c1CC1CCNCC1. The van der Waals surface area contributed by atoms with Gasteiger partial charge >= 0.3 is 0 Å². The molecule has 1 saturated heterocycles. The zero-order valence-electron chi connectivity index (χ0n) is 10.4. The van der Waals surface area contributed by atoms with Crippen molar-refractivity contribution in [3.8, 4) is 11.5 Å². The minimum absolute atomic E-state index is 0.370.